The van der Waals surface area contributed by atoms with E-state index < -0.39 is 59.7 Å². The molecule has 0 radical (unpaired) electrons. The van der Waals surface area contributed by atoms with Crippen molar-refractivity contribution in [2.24, 2.45) is 23.1 Å². The van der Waals surface area contributed by atoms with Crippen LogP contribution in [0.3, 0.4) is 0 Å². The van der Waals surface area contributed by atoms with Crippen LogP contribution >= 0.6 is 11.8 Å². The summed E-state index contributed by atoms with van der Waals surface area (Å²) in [6, 6.07) is -4.59. The number of carboxylic acid groups (broad SMARTS) is 1. The van der Waals surface area contributed by atoms with Gasteiger partial charge in [0.1, 0.15) is 18.1 Å². The SMILES string of the molecule is CSCCC(NC(=O)C(CCC(N)=O)NC(=O)C(N)CC(C)C)C(=O)NC(CCC(N)=O)C(=O)O. The van der Waals surface area contributed by atoms with E-state index in [-0.39, 0.29) is 38.0 Å². The average Bonchev–Trinajstić information content (AvgIpc) is 2.75. The van der Waals surface area contributed by atoms with Crippen LogP contribution in [0.5, 0.6) is 0 Å². The molecule has 200 valence electrons. The van der Waals surface area contributed by atoms with Gasteiger partial charge in [0, 0.05) is 12.8 Å². The Morgan fingerprint density at radius 3 is 1.63 bits per heavy atom. The van der Waals surface area contributed by atoms with Crippen LogP contribution in [0.4, 0.5) is 0 Å². The number of primary amides is 2. The number of aliphatic carboxylic acids is 1. The lowest BCUT2D eigenvalue weighted by Crippen LogP contribution is -2.57. The van der Waals surface area contributed by atoms with Crippen molar-refractivity contribution < 1.29 is 33.9 Å². The number of carboxylic acids is 1. The highest BCUT2D eigenvalue weighted by molar-refractivity contribution is 7.98. The fraction of sp³-hybridized carbons (Fsp3) is 0.714. The number of nitrogens with two attached hydrogens (primary N) is 3. The molecule has 4 unspecified atom stereocenters. The molecule has 0 aromatic rings. The summed E-state index contributed by atoms with van der Waals surface area (Å²) in [5.74, 6) is -4.30. The zero-order valence-electron chi connectivity index (χ0n) is 20.4. The van der Waals surface area contributed by atoms with Crippen molar-refractivity contribution in [3.63, 3.8) is 0 Å². The Labute approximate surface area is 209 Å². The number of rotatable bonds is 18. The molecule has 0 bridgehead atoms. The molecule has 0 saturated carbocycles. The second-order valence-electron chi connectivity index (χ2n) is 8.55. The van der Waals surface area contributed by atoms with E-state index >= 15 is 0 Å². The second kappa shape index (κ2) is 16.7. The van der Waals surface area contributed by atoms with E-state index in [1.54, 1.807) is 6.26 Å². The molecule has 0 spiro atoms. The number of carbonyl (C=O) groups is 6. The number of carbonyl (C=O) groups excluding carboxylic acids is 5. The van der Waals surface area contributed by atoms with E-state index in [0.717, 1.165) is 0 Å². The summed E-state index contributed by atoms with van der Waals surface area (Å²) >= 11 is 1.40. The first-order valence-electron chi connectivity index (χ1n) is 11.2. The third-order valence-electron chi connectivity index (χ3n) is 4.91. The van der Waals surface area contributed by atoms with Crippen molar-refractivity contribution in [2.45, 2.75) is 76.5 Å². The van der Waals surface area contributed by atoms with Crippen molar-refractivity contribution >= 4 is 47.3 Å². The van der Waals surface area contributed by atoms with Gasteiger partial charge in [-0.1, -0.05) is 13.8 Å². The lowest BCUT2D eigenvalue weighted by Gasteiger charge is -2.25. The zero-order valence-corrected chi connectivity index (χ0v) is 21.2. The van der Waals surface area contributed by atoms with E-state index in [4.69, 9.17) is 17.2 Å². The number of nitrogens with one attached hydrogen (secondary N) is 3. The largest absolute Gasteiger partial charge is 0.480 e. The van der Waals surface area contributed by atoms with Gasteiger partial charge in [-0.05, 0) is 43.6 Å². The highest BCUT2D eigenvalue weighted by atomic mass is 32.2. The van der Waals surface area contributed by atoms with Gasteiger partial charge in [0.25, 0.3) is 0 Å². The smallest absolute Gasteiger partial charge is 0.326 e. The fourth-order valence-electron chi connectivity index (χ4n) is 3.04. The second-order valence-corrected chi connectivity index (χ2v) is 9.53. The van der Waals surface area contributed by atoms with Crippen molar-refractivity contribution in [3.8, 4) is 0 Å². The van der Waals surface area contributed by atoms with E-state index in [1.165, 1.54) is 11.8 Å². The van der Waals surface area contributed by atoms with Gasteiger partial charge in [-0.3, -0.25) is 24.0 Å². The Morgan fingerprint density at radius 2 is 1.20 bits per heavy atom. The van der Waals surface area contributed by atoms with E-state index in [2.05, 4.69) is 16.0 Å². The van der Waals surface area contributed by atoms with Gasteiger partial charge in [0.15, 0.2) is 0 Å². The Morgan fingerprint density at radius 1 is 0.771 bits per heavy atom. The maximum absolute atomic E-state index is 13.0. The first kappa shape index (κ1) is 32.1. The lowest BCUT2D eigenvalue weighted by molar-refractivity contribution is -0.142. The first-order chi connectivity index (χ1) is 16.3. The summed E-state index contributed by atoms with van der Waals surface area (Å²) < 4.78 is 0. The molecule has 10 N–H and O–H groups in total. The highest BCUT2D eigenvalue weighted by Gasteiger charge is 2.30. The highest BCUT2D eigenvalue weighted by Crippen LogP contribution is 2.07. The predicted molar refractivity (Wildman–Crippen MR) is 131 cm³/mol. The fourth-order valence-corrected chi connectivity index (χ4v) is 3.51. The third-order valence-corrected chi connectivity index (χ3v) is 5.56. The Kier molecular flexibility index (Phi) is 15.3. The topological polar surface area (TPSA) is 237 Å². The van der Waals surface area contributed by atoms with Crippen molar-refractivity contribution in [2.75, 3.05) is 12.0 Å². The standard InChI is InChI=1S/C21H38N6O7S/c1-11(2)10-12(22)18(30)25-13(4-6-16(23)28)19(31)26-14(8-9-35-3)20(32)27-15(21(33)34)5-7-17(24)29/h11-15H,4-10,22H2,1-3H3,(H2,23,28)(H2,24,29)(H,25,30)(H,26,31)(H,27,32)(H,33,34). The number of amides is 5. The van der Waals surface area contributed by atoms with Gasteiger partial charge in [-0.2, -0.15) is 11.8 Å². The van der Waals surface area contributed by atoms with E-state index in [9.17, 15) is 33.9 Å². The molecule has 4 atom stereocenters. The molecule has 0 heterocycles. The first-order valence-corrected chi connectivity index (χ1v) is 12.6. The monoisotopic (exact) mass is 518 g/mol. The number of hydrogen-bond acceptors (Lipinski definition) is 8. The van der Waals surface area contributed by atoms with E-state index in [1.807, 2.05) is 13.8 Å². The van der Waals surface area contributed by atoms with Gasteiger partial charge >= 0.3 is 5.97 Å². The van der Waals surface area contributed by atoms with Crippen LogP contribution in [-0.4, -0.2) is 76.8 Å². The molecular weight excluding hydrogens is 480 g/mol. The van der Waals surface area contributed by atoms with Crippen molar-refractivity contribution in [3.05, 3.63) is 0 Å². The van der Waals surface area contributed by atoms with Crippen molar-refractivity contribution in [1.29, 1.82) is 0 Å². The molecule has 0 aliphatic rings. The lowest BCUT2D eigenvalue weighted by atomic mass is 10.0. The molecule has 0 rings (SSSR count). The molecule has 0 aromatic carbocycles. The summed E-state index contributed by atoms with van der Waals surface area (Å²) in [4.78, 5) is 71.9. The Bertz CT molecular complexity index is 764. The van der Waals surface area contributed by atoms with Gasteiger partial charge < -0.3 is 38.3 Å². The van der Waals surface area contributed by atoms with Crippen LogP contribution in [-0.2, 0) is 28.8 Å². The summed E-state index contributed by atoms with van der Waals surface area (Å²) in [7, 11) is 0. The third kappa shape index (κ3) is 14.2. The number of hydrogen-bond donors (Lipinski definition) is 7. The maximum atomic E-state index is 13.0. The molecule has 35 heavy (non-hydrogen) atoms. The zero-order chi connectivity index (χ0) is 27.1. The van der Waals surface area contributed by atoms with E-state index in [0.29, 0.717) is 12.2 Å². The molecule has 0 aromatic heterocycles. The minimum Gasteiger partial charge on any atom is -0.480 e. The molecular formula is C21H38N6O7S. The molecule has 0 aliphatic heterocycles. The van der Waals surface area contributed by atoms with Crippen LogP contribution < -0.4 is 33.2 Å². The van der Waals surface area contributed by atoms with Gasteiger partial charge in [0.2, 0.25) is 29.5 Å². The van der Waals surface area contributed by atoms with Crippen LogP contribution in [0.1, 0.15) is 52.4 Å². The van der Waals surface area contributed by atoms with Crippen molar-refractivity contribution in [1.82, 2.24) is 16.0 Å². The quantitative estimate of drug-likeness (QED) is 0.108. The molecule has 0 aliphatic carbocycles. The Hall–Kier alpha value is -2.87. The molecule has 0 saturated heterocycles. The predicted octanol–water partition coefficient (Wildman–Crippen LogP) is -1.82. The maximum Gasteiger partial charge on any atom is 0.326 e. The normalized spacial score (nSPS) is 14.3. The molecule has 14 heteroatoms. The van der Waals surface area contributed by atoms with Crippen LogP contribution in [0.2, 0.25) is 0 Å². The summed E-state index contributed by atoms with van der Waals surface area (Å²) in [5, 5.41) is 16.7. The minimum absolute atomic E-state index is 0.117. The van der Waals surface area contributed by atoms with Crippen LogP contribution in [0, 0.1) is 5.92 Å². The summed E-state index contributed by atoms with van der Waals surface area (Å²) in [5.41, 5.74) is 16.1. The molecule has 5 amide bonds. The summed E-state index contributed by atoms with van der Waals surface area (Å²) in [6.07, 6.45) is 1.53. The van der Waals surface area contributed by atoms with Gasteiger partial charge in [0.05, 0.1) is 6.04 Å². The Balaban J connectivity index is 5.52. The average molecular weight is 519 g/mol. The van der Waals surface area contributed by atoms with Gasteiger partial charge in [-0.25, -0.2) is 4.79 Å². The summed E-state index contributed by atoms with van der Waals surface area (Å²) in [6.45, 7) is 3.76. The van der Waals surface area contributed by atoms with Crippen LogP contribution in [0.25, 0.3) is 0 Å². The van der Waals surface area contributed by atoms with Crippen LogP contribution in [0.15, 0.2) is 0 Å². The molecule has 0 fully saturated rings. The van der Waals surface area contributed by atoms with Gasteiger partial charge in [-0.15, -0.1) is 0 Å². The molecule has 13 nitrogen and oxygen atoms in total. The number of thioether (sulfide) groups is 1. The minimum atomic E-state index is -1.39.